The van der Waals surface area contributed by atoms with Crippen molar-refractivity contribution in [2.24, 2.45) is 0 Å². The van der Waals surface area contributed by atoms with Crippen molar-refractivity contribution >= 4 is 0 Å². The number of aliphatic hydroxyl groups is 1. The number of aliphatic hydroxyl groups excluding tert-OH is 1. The van der Waals surface area contributed by atoms with E-state index in [1.54, 1.807) is 10.9 Å². The van der Waals surface area contributed by atoms with Gasteiger partial charge in [0.25, 0.3) is 0 Å². The number of fused-ring (bicyclic) bond motifs is 3. The zero-order valence-electron chi connectivity index (χ0n) is 13.3. The van der Waals surface area contributed by atoms with Gasteiger partial charge in [-0.1, -0.05) is 24.3 Å². The second-order valence-corrected chi connectivity index (χ2v) is 6.91. The summed E-state index contributed by atoms with van der Waals surface area (Å²) in [5.41, 5.74) is 2.79. The van der Waals surface area contributed by atoms with Gasteiger partial charge in [0.2, 0.25) is 0 Å². The Hall–Kier alpha value is -1.73. The predicted molar refractivity (Wildman–Crippen MR) is 86.4 cm³/mol. The van der Waals surface area contributed by atoms with Gasteiger partial charge >= 0.3 is 0 Å². The average Bonchev–Trinajstić information content (AvgIpc) is 3.32. The molecule has 0 radical (unpaired) electrons. The number of rotatable bonds is 3. The summed E-state index contributed by atoms with van der Waals surface area (Å²) in [5.74, 6) is 0. The van der Waals surface area contributed by atoms with E-state index in [4.69, 9.17) is 9.47 Å². The second-order valence-electron chi connectivity index (χ2n) is 6.91. The molecule has 6 heteroatoms. The maximum atomic E-state index is 11.0. The van der Waals surface area contributed by atoms with Crippen LogP contribution in [0.25, 0.3) is 0 Å². The molecule has 3 heterocycles. The van der Waals surface area contributed by atoms with Gasteiger partial charge in [-0.3, -0.25) is 4.68 Å². The van der Waals surface area contributed by atoms with Crippen LogP contribution < -0.4 is 5.32 Å². The molecule has 0 unspecified atom stereocenters. The topological polar surface area (TPSA) is 68.5 Å². The van der Waals surface area contributed by atoms with Crippen LogP contribution in [0.1, 0.15) is 17.2 Å². The normalized spacial score (nSPS) is 35.3. The highest BCUT2D eigenvalue weighted by Crippen LogP contribution is 2.36. The maximum Gasteiger partial charge on any atom is 0.183 e. The average molecular weight is 327 g/mol. The van der Waals surface area contributed by atoms with Crippen LogP contribution in [-0.4, -0.2) is 52.1 Å². The van der Waals surface area contributed by atoms with Crippen LogP contribution in [0.5, 0.6) is 0 Å². The Labute approximate surface area is 140 Å². The first-order valence-corrected chi connectivity index (χ1v) is 8.57. The monoisotopic (exact) mass is 327 g/mol. The van der Waals surface area contributed by atoms with E-state index >= 15 is 0 Å². The second kappa shape index (κ2) is 5.67. The fourth-order valence-electron chi connectivity index (χ4n) is 4.29. The van der Waals surface area contributed by atoms with Gasteiger partial charge < -0.3 is 19.9 Å². The van der Waals surface area contributed by atoms with Crippen LogP contribution in [0, 0.1) is 0 Å². The van der Waals surface area contributed by atoms with E-state index in [0.717, 1.165) is 12.8 Å². The van der Waals surface area contributed by atoms with Crippen molar-refractivity contribution in [2.75, 3.05) is 6.61 Å². The van der Waals surface area contributed by atoms with Crippen molar-refractivity contribution in [1.29, 1.82) is 0 Å². The third-order valence-electron chi connectivity index (χ3n) is 5.44. The van der Waals surface area contributed by atoms with Crippen molar-refractivity contribution in [1.82, 2.24) is 15.1 Å². The Morgan fingerprint density at radius 1 is 1.17 bits per heavy atom. The SMILES string of the molecule is O[C@H]1[C@H](NC2Cc3ccccc3C2)[C@H]2CO[C@H](O2)[C@@H]1n1cccn1. The van der Waals surface area contributed by atoms with Gasteiger partial charge in [-0.2, -0.15) is 5.10 Å². The molecule has 0 spiro atoms. The lowest BCUT2D eigenvalue weighted by Gasteiger charge is -2.39. The highest BCUT2D eigenvalue weighted by atomic mass is 16.7. The molecule has 0 saturated carbocycles. The Kier molecular flexibility index (Phi) is 3.45. The summed E-state index contributed by atoms with van der Waals surface area (Å²) >= 11 is 0. The lowest BCUT2D eigenvalue weighted by molar-refractivity contribution is -0.169. The van der Waals surface area contributed by atoms with Crippen LogP contribution in [0.2, 0.25) is 0 Å². The van der Waals surface area contributed by atoms with Crippen molar-refractivity contribution in [2.45, 2.75) is 49.5 Å². The standard InChI is InChI=1S/C18H21N3O3/c22-17-15(20-13-8-11-4-1-2-5-12(11)9-13)14-10-23-18(24-14)16(17)21-7-3-6-19-21/h1-7,13-18,20,22H,8-10H2/t14-,15-,16-,17+,18-/m1/s1. The van der Waals surface area contributed by atoms with E-state index in [9.17, 15) is 5.11 Å². The molecule has 5 atom stereocenters. The molecule has 2 aliphatic heterocycles. The van der Waals surface area contributed by atoms with Crippen LogP contribution in [0.3, 0.4) is 0 Å². The third-order valence-corrected chi connectivity index (χ3v) is 5.44. The van der Waals surface area contributed by atoms with E-state index in [0.29, 0.717) is 12.6 Å². The molecule has 24 heavy (non-hydrogen) atoms. The highest BCUT2D eigenvalue weighted by molar-refractivity contribution is 5.33. The summed E-state index contributed by atoms with van der Waals surface area (Å²) in [7, 11) is 0. The summed E-state index contributed by atoms with van der Waals surface area (Å²) in [6.07, 6.45) is 4.40. The molecule has 6 nitrogen and oxygen atoms in total. The smallest absolute Gasteiger partial charge is 0.183 e. The van der Waals surface area contributed by atoms with Crippen molar-refractivity contribution in [3.63, 3.8) is 0 Å². The summed E-state index contributed by atoms with van der Waals surface area (Å²) in [6, 6.07) is 10.2. The molecular weight excluding hydrogens is 306 g/mol. The number of aromatic nitrogens is 2. The third kappa shape index (κ3) is 2.29. The Morgan fingerprint density at radius 2 is 1.96 bits per heavy atom. The lowest BCUT2D eigenvalue weighted by atomic mass is 9.95. The zero-order valence-corrected chi connectivity index (χ0v) is 13.3. The molecule has 0 amide bonds. The van der Waals surface area contributed by atoms with Gasteiger partial charge in [0.15, 0.2) is 6.29 Å². The zero-order chi connectivity index (χ0) is 16.1. The van der Waals surface area contributed by atoms with Gasteiger partial charge in [0, 0.05) is 18.4 Å². The largest absolute Gasteiger partial charge is 0.389 e. The molecule has 2 fully saturated rings. The summed E-state index contributed by atoms with van der Waals surface area (Å²) in [5, 5.41) is 18.9. The van der Waals surface area contributed by atoms with Gasteiger partial charge in [-0.05, 0) is 30.0 Å². The minimum absolute atomic E-state index is 0.111. The van der Waals surface area contributed by atoms with Crippen molar-refractivity contribution < 1.29 is 14.6 Å². The summed E-state index contributed by atoms with van der Waals surface area (Å²) in [4.78, 5) is 0. The number of benzene rings is 1. The van der Waals surface area contributed by atoms with Gasteiger partial charge in [0.05, 0.1) is 18.8 Å². The van der Waals surface area contributed by atoms with Gasteiger partial charge in [-0.25, -0.2) is 0 Å². The van der Waals surface area contributed by atoms with E-state index in [1.165, 1.54) is 11.1 Å². The molecule has 1 aliphatic carbocycles. The molecule has 2 saturated heterocycles. The minimum Gasteiger partial charge on any atom is -0.389 e. The minimum atomic E-state index is -0.597. The molecule has 2 aromatic rings. The Morgan fingerprint density at radius 3 is 2.67 bits per heavy atom. The lowest BCUT2D eigenvalue weighted by Crippen LogP contribution is -2.59. The quantitative estimate of drug-likeness (QED) is 0.867. The maximum absolute atomic E-state index is 11.0. The predicted octanol–water partition coefficient (Wildman–Crippen LogP) is 0.666. The van der Waals surface area contributed by atoms with Crippen molar-refractivity contribution in [3.05, 3.63) is 53.9 Å². The first-order chi connectivity index (χ1) is 11.8. The van der Waals surface area contributed by atoms with E-state index in [-0.39, 0.29) is 18.2 Å². The summed E-state index contributed by atoms with van der Waals surface area (Å²) < 4.78 is 13.5. The van der Waals surface area contributed by atoms with E-state index in [1.807, 2.05) is 12.3 Å². The molecule has 2 N–H and O–H groups in total. The number of nitrogens with one attached hydrogen (secondary N) is 1. The molecule has 1 aromatic carbocycles. The molecule has 1 aromatic heterocycles. The first-order valence-electron chi connectivity index (χ1n) is 8.57. The molecule has 3 aliphatic rings. The highest BCUT2D eigenvalue weighted by Gasteiger charge is 2.51. The molecular formula is C18H21N3O3. The fourth-order valence-corrected chi connectivity index (χ4v) is 4.29. The van der Waals surface area contributed by atoms with Gasteiger partial charge in [0.1, 0.15) is 12.1 Å². The fraction of sp³-hybridized carbons (Fsp3) is 0.500. The number of hydrogen-bond donors (Lipinski definition) is 2. The Bertz CT molecular complexity index is 695. The summed E-state index contributed by atoms with van der Waals surface area (Å²) in [6.45, 7) is 0.511. The van der Waals surface area contributed by atoms with Crippen LogP contribution in [0.15, 0.2) is 42.7 Å². The van der Waals surface area contributed by atoms with Crippen molar-refractivity contribution in [3.8, 4) is 0 Å². The van der Waals surface area contributed by atoms with E-state index < -0.39 is 12.4 Å². The van der Waals surface area contributed by atoms with E-state index in [2.05, 4.69) is 34.7 Å². The number of nitrogens with zero attached hydrogens (tertiary/aromatic N) is 2. The van der Waals surface area contributed by atoms with Crippen LogP contribution in [0.4, 0.5) is 0 Å². The molecule has 2 bridgehead atoms. The van der Waals surface area contributed by atoms with Crippen LogP contribution >= 0.6 is 0 Å². The number of ether oxygens (including phenoxy) is 2. The first kappa shape index (κ1) is 14.6. The molecule has 126 valence electrons. The Balaban J connectivity index is 1.36. The van der Waals surface area contributed by atoms with Gasteiger partial charge in [-0.15, -0.1) is 0 Å². The van der Waals surface area contributed by atoms with Crippen LogP contribution in [-0.2, 0) is 22.3 Å². The number of hydrogen-bond acceptors (Lipinski definition) is 5. The molecule has 5 rings (SSSR count).